The van der Waals surface area contributed by atoms with Gasteiger partial charge in [-0.05, 0) is 42.9 Å². The lowest BCUT2D eigenvalue weighted by atomic mass is 9.82. The Morgan fingerprint density at radius 2 is 2.14 bits per heavy atom. The fourth-order valence-corrected chi connectivity index (χ4v) is 3.56. The predicted molar refractivity (Wildman–Crippen MR) is 90.0 cm³/mol. The van der Waals surface area contributed by atoms with Gasteiger partial charge in [0.05, 0.1) is 0 Å². The lowest BCUT2D eigenvalue weighted by molar-refractivity contribution is 0.495. The lowest BCUT2D eigenvalue weighted by Gasteiger charge is -2.25. The van der Waals surface area contributed by atoms with Crippen molar-refractivity contribution in [3.05, 3.63) is 45.1 Å². The van der Waals surface area contributed by atoms with Gasteiger partial charge < -0.3 is 5.73 Å². The van der Waals surface area contributed by atoms with Gasteiger partial charge in [0.1, 0.15) is 17.5 Å². The molecule has 112 valence electrons. The maximum absolute atomic E-state index is 9.53. The normalized spacial score (nSPS) is 16.9. The monoisotopic (exact) mass is 331 g/mol. The smallest absolute Gasteiger partial charge is 0.142 e. The van der Waals surface area contributed by atoms with E-state index in [0.29, 0.717) is 21.5 Å². The Labute approximate surface area is 139 Å². The van der Waals surface area contributed by atoms with Crippen molar-refractivity contribution in [2.75, 3.05) is 5.73 Å². The second-order valence-electron chi connectivity index (χ2n) is 5.76. The summed E-state index contributed by atoms with van der Waals surface area (Å²) in [5, 5.41) is 10.6. The van der Waals surface area contributed by atoms with Gasteiger partial charge in [0.25, 0.3) is 0 Å². The van der Waals surface area contributed by atoms with Crippen molar-refractivity contribution in [2.45, 2.75) is 26.2 Å². The second kappa shape index (κ2) is 5.79. The third kappa shape index (κ3) is 2.54. The Morgan fingerprint density at radius 3 is 2.82 bits per heavy atom. The molecule has 1 aromatic carbocycles. The molecule has 1 heterocycles. The highest BCUT2D eigenvalue weighted by molar-refractivity contribution is 6.36. The van der Waals surface area contributed by atoms with E-state index < -0.39 is 0 Å². The van der Waals surface area contributed by atoms with E-state index in [0.717, 1.165) is 41.6 Å². The van der Waals surface area contributed by atoms with Gasteiger partial charge >= 0.3 is 0 Å². The molecule has 0 radical (unpaired) electrons. The molecule has 1 unspecified atom stereocenters. The number of nitriles is 1. The number of nitrogens with zero attached hydrogens (tertiary/aromatic N) is 2. The number of benzene rings is 1. The van der Waals surface area contributed by atoms with E-state index in [-0.39, 0.29) is 5.82 Å². The third-order valence-corrected chi connectivity index (χ3v) is 4.70. The Morgan fingerprint density at radius 1 is 1.36 bits per heavy atom. The quantitative estimate of drug-likeness (QED) is 0.828. The van der Waals surface area contributed by atoms with E-state index in [9.17, 15) is 5.26 Å². The summed E-state index contributed by atoms with van der Waals surface area (Å²) in [6.45, 7) is 2.21. The fourth-order valence-electron chi connectivity index (χ4n) is 3.05. The van der Waals surface area contributed by atoms with E-state index >= 15 is 0 Å². The minimum atomic E-state index is 0.275. The predicted octanol–water partition coefficient (Wildman–Crippen LogP) is 4.63. The Balaban J connectivity index is 2.33. The summed E-state index contributed by atoms with van der Waals surface area (Å²) in [4.78, 5) is 4.44. The van der Waals surface area contributed by atoms with Crippen LogP contribution in [-0.2, 0) is 12.8 Å². The van der Waals surface area contributed by atoms with Gasteiger partial charge in [-0.25, -0.2) is 4.98 Å². The number of anilines is 1. The van der Waals surface area contributed by atoms with E-state index in [1.807, 2.05) is 6.07 Å². The molecule has 2 aromatic rings. The van der Waals surface area contributed by atoms with Gasteiger partial charge in [-0.1, -0.05) is 36.2 Å². The molecule has 1 aliphatic rings. The van der Waals surface area contributed by atoms with Gasteiger partial charge in [0.2, 0.25) is 0 Å². The van der Waals surface area contributed by atoms with E-state index in [2.05, 4.69) is 18.0 Å². The van der Waals surface area contributed by atoms with Gasteiger partial charge in [-0.15, -0.1) is 0 Å². The molecular weight excluding hydrogens is 317 g/mol. The molecule has 3 rings (SSSR count). The second-order valence-corrected chi connectivity index (χ2v) is 6.60. The van der Waals surface area contributed by atoms with Crippen LogP contribution in [-0.4, -0.2) is 4.98 Å². The first-order valence-electron chi connectivity index (χ1n) is 7.18. The average Bonchev–Trinajstić information content (AvgIpc) is 2.47. The minimum absolute atomic E-state index is 0.275. The standard InChI is InChI=1S/C17H15Cl2N3/c1-9-2-5-15-12(6-9)16(13(8-20)17(21)22-15)11-4-3-10(18)7-14(11)19/h3-4,7,9H,2,5-6H2,1H3,(H2,21,22). The van der Waals surface area contributed by atoms with Crippen molar-refractivity contribution in [1.29, 1.82) is 5.26 Å². The summed E-state index contributed by atoms with van der Waals surface area (Å²) < 4.78 is 0. The van der Waals surface area contributed by atoms with Crippen LogP contribution in [0.3, 0.4) is 0 Å². The number of nitrogen functional groups attached to an aromatic ring is 1. The molecule has 1 aliphatic carbocycles. The Hall–Kier alpha value is -1.76. The molecule has 0 aliphatic heterocycles. The van der Waals surface area contributed by atoms with E-state index in [1.165, 1.54) is 0 Å². The van der Waals surface area contributed by atoms with Crippen LogP contribution in [0.4, 0.5) is 5.82 Å². The van der Waals surface area contributed by atoms with Crippen LogP contribution >= 0.6 is 23.2 Å². The van der Waals surface area contributed by atoms with Crippen LogP contribution in [0.15, 0.2) is 18.2 Å². The first kappa shape index (κ1) is 15.1. The molecule has 0 fully saturated rings. The lowest BCUT2D eigenvalue weighted by Crippen LogP contribution is -2.16. The molecule has 0 spiro atoms. The van der Waals surface area contributed by atoms with Gasteiger partial charge in [-0.3, -0.25) is 0 Å². The first-order chi connectivity index (χ1) is 10.5. The molecule has 22 heavy (non-hydrogen) atoms. The maximum atomic E-state index is 9.53. The molecule has 0 saturated carbocycles. The van der Waals surface area contributed by atoms with Crippen molar-refractivity contribution in [2.24, 2.45) is 5.92 Å². The van der Waals surface area contributed by atoms with Crippen molar-refractivity contribution in [1.82, 2.24) is 4.98 Å². The zero-order valence-corrected chi connectivity index (χ0v) is 13.7. The minimum Gasteiger partial charge on any atom is -0.383 e. The number of halogens is 2. The maximum Gasteiger partial charge on any atom is 0.142 e. The number of rotatable bonds is 1. The number of nitrogens with two attached hydrogens (primary N) is 1. The average molecular weight is 332 g/mol. The van der Waals surface area contributed by atoms with Gasteiger partial charge in [-0.2, -0.15) is 5.26 Å². The third-order valence-electron chi connectivity index (χ3n) is 4.15. The van der Waals surface area contributed by atoms with Crippen LogP contribution in [0, 0.1) is 17.2 Å². The summed E-state index contributed by atoms with van der Waals surface area (Å²) in [6, 6.07) is 7.50. The SMILES string of the molecule is CC1CCc2nc(N)c(C#N)c(-c3ccc(Cl)cc3Cl)c2C1. The molecule has 1 aromatic heterocycles. The van der Waals surface area contributed by atoms with Crippen molar-refractivity contribution in [3.63, 3.8) is 0 Å². The van der Waals surface area contributed by atoms with E-state index in [4.69, 9.17) is 28.9 Å². The highest BCUT2D eigenvalue weighted by Crippen LogP contribution is 2.40. The number of pyridine rings is 1. The number of hydrogen-bond acceptors (Lipinski definition) is 3. The van der Waals surface area contributed by atoms with Crippen LogP contribution in [0.1, 0.15) is 30.2 Å². The fraction of sp³-hybridized carbons (Fsp3) is 0.294. The first-order valence-corrected chi connectivity index (χ1v) is 7.93. The van der Waals surface area contributed by atoms with Crippen LogP contribution < -0.4 is 5.73 Å². The largest absolute Gasteiger partial charge is 0.383 e. The Kier molecular flexibility index (Phi) is 3.99. The molecule has 0 bridgehead atoms. The molecule has 5 heteroatoms. The number of fused-ring (bicyclic) bond motifs is 1. The molecule has 0 amide bonds. The number of aromatic nitrogens is 1. The van der Waals surface area contributed by atoms with Crippen LogP contribution in [0.25, 0.3) is 11.1 Å². The van der Waals surface area contributed by atoms with Gasteiger partial charge in [0.15, 0.2) is 0 Å². The van der Waals surface area contributed by atoms with Crippen molar-refractivity contribution >= 4 is 29.0 Å². The summed E-state index contributed by atoms with van der Waals surface area (Å²) in [5.41, 5.74) is 10.1. The highest BCUT2D eigenvalue weighted by atomic mass is 35.5. The highest BCUT2D eigenvalue weighted by Gasteiger charge is 2.25. The summed E-state index contributed by atoms with van der Waals surface area (Å²) in [5.74, 6) is 0.825. The van der Waals surface area contributed by atoms with Crippen LogP contribution in [0.5, 0.6) is 0 Å². The van der Waals surface area contributed by atoms with Gasteiger partial charge in [0, 0.05) is 26.9 Å². The van der Waals surface area contributed by atoms with Crippen molar-refractivity contribution < 1.29 is 0 Å². The summed E-state index contributed by atoms with van der Waals surface area (Å²) in [6.07, 6.45) is 2.84. The Bertz CT molecular complexity index is 793. The molecule has 3 nitrogen and oxygen atoms in total. The zero-order chi connectivity index (χ0) is 15.9. The molecule has 2 N–H and O–H groups in total. The molecule has 1 atom stereocenters. The van der Waals surface area contributed by atoms with E-state index in [1.54, 1.807) is 12.1 Å². The zero-order valence-electron chi connectivity index (χ0n) is 12.2. The van der Waals surface area contributed by atoms with Crippen molar-refractivity contribution in [3.8, 4) is 17.2 Å². The summed E-state index contributed by atoms with van der Waals surface area (Å²) in [7, 11) is 0. The number of hydrogen-bond donors (Lipinski definition) is 1. The number of aryl methyl sites for hydroxylation is 1. The molecule has 0 saturated heterocycles. The topological polar surface area (TPSA) is 62.7 Å². The molecular formula is C17H15Cl2N3. The summed E-state index contributed by atoms with van der Waals surface area (Å²) >= 11 is 12.4. The van der Waals surface area contributed by atoms with Crippen LogP contribution in [0.2, 0.25) is 10.0 Å².